The second-order valence-electron chi connectivity index (χ2n) is 5.46. The maximum atomic E-state index is 13.1. The molecule has 0 fully saturated rings. The number of amides is 2. The first-order valence-corrected chi connectivity index (χ1v) is 9.17. The van der Waals surface area contributed by atoms with Gasteiger partial charge in [0.2, 0.25) is 0 Å². The van der Waals surface area contributed by atoms with E-state index in [9.17, 15) is 17.6 Å². The summed E-state index contributed by atoms with van der Waals surface area (Å²) in [4.78, 5) is 12.2. The zero-order valence-corrected chi connectivity index (χ0v) is 14.4. The number of urea groups is 1. The van der Waals surface area contributed by atoms with E-state index >= 15 is 0 Å². The topological polar surface area (TPSA) is 99.1 Å². The second kappa shape index (κ2) is 7.32. The van der Waals surface area contributed by atoms with E-state index in [1.165, 1.54) is 18.2 Å². The Kier molecular flexibility index (Phi) is 5.39. The Labute approximate surface area is 145 Å². The van der Waals surface area contributed by atoms with Crippen LogP contribution in [-0.4, -0.2) is 20.7 Å². The summed E-state index contributed by atoms with van der Waals surface area (Å²) in [5.41, 5.74) is 0.920. The number of hydrogen-bond acceptors (Lipinski definition) is 4. The number of hydrogen-bond donors (Lipinski definition) is 2. The third-order valence-corrected chi connectivity index (χ3v) is 4.63. The number of nitriles is 1. The smallest absolute Gasteiger partial charge is 0.319 e. The molecule has 2 aromatic rings. The Bertz CT molecular complexity index is 935. The lowest BCUT2D eigenvalue weighted by molar-refractivity contribution is 0.249. The van der Waals surface area contributed by atoms with Crippen molar-refractivity contribution in [3.63, 3.8) is 0 Å². The molecule has 0 spiro atoms. The summed E-state index contributed by atoms with van der Waals surface area (Å²) >= 11 is 0. The molecular formula is C17H16FN3O3S. The molecule has 0 aliphatic heterocycles. The Morgan fingerprint density at radius 3 is 2.40 bits per heavy atom. The lowest BCUT2D eigenvalue weighted by Crippen LogP contribution is -2.31. The summed E-state index contributed by atoms with van der Waals surface area (Å²) in [5, 5.41) is 14.1. The summed E-state index contributed by atoms with van der Waals surface area (Å²) in [6, 6.07) is 10.5. The highest BCUT2D eigenvalue weighted by Gasteiger charge is 2.13. The number of nitrogens with zero attached hydrogens (tertiary/aromatic N) is 1. The molecule has 130 valence electrons. The minimum absolute atomic E-state index is 0.0142. The number of nitrogens with one attached hydrogen (secondary N) is 2. The number of carbonyl (C=O) groups is 1. The molecule has 0 aliphatic rings. The van der Waals surface area contributed by atoms with Gasteiger partial charge in [-0.15, -0.1) is 0 Å². The fourth-order valence-electron chi connectivity index (χ4n) is 2.16. The van der Waals surface area contributed by atoms with Gasteiger partial charge in [0, 0.05) is 6.26 Å². The first kappa shape index (κ1) is 18.4. The Morgan fingerprint density at radius 2 is 1.84 bits per heavy atom. The van der Waals surface area contributed by atoms with E-state index in [2.05, 4.69) is 10.6 Å². The first-order valence-electron chi connectivity index (χ1n) is 7.28. The molecule has 1 atom stereocenters. The molecule has 6 nitrogen and oxygen atoms in total. The Hall–Kier alpha value is -2.92. The molecule has 0 bridgehead atoms. The van der Waals surface area contributed by atoms with Gasteiger partial charge in [-0.25, -0.2) is 17.6 Å². The molecule has 0 aliphatic carbocycles. The van der Waals surface area contributed by atoms with Crippen molar-refractivity contribution in [2.45, 2.75) is 17.9 Å². The second-order valence-corrected chi connectivity index (χ2v) is 7.48. The van der Waals surface area contributed by atoms with Crippen molar-refractivity contribution in [2.24, 2.45) is 0 Å². The molecule has 8 heteroatoms. The third-order valence-electron chi connectivity index (χ3n) is 3.51. The third kappa shape index (κ3) is 4.78. The van der Waals surface area contributed by atoms with Crippen LogP contribution in [0.3, 0.4) is 0 Å². The van der Waals surface area contributed by atoms with Crippen LogP contribution in [0, 0.1) is 17.1 Å². The normalized spacial score (nSPS) is 12.1. The maximum Gasteiger partial charge on any atom is 0.319 e. The van der Waals surface area contributed by atoms with Crippen LogP contribution in [0.1, 0.15) is 24.1 Å². The van der Waals surface area contributed by atoms with Crippen LogP contribution < -0.4 is 10.6 Å². The monoisotopic (exact) mass is 361 g/mol. The molecule has 2 N–H and O–H groups in total. The van der Waals surface area contributed by atoms with Crippen LogP contribution in [-0.2, 0) is 9.84 Å². The predicted octanol–water partition coefficient (Wildman–Crippen LogP) is 2.98. The van der Waals surface area contributed by atoms with Crippen LogP contribution >= 0.6 is 0 Å². The average molecular weight is 361 g/mol. The van der Waals surface area contributed by atoms with Gasteiger partial charge in [0.25, 0.3) is 0 Å². The van der Waals surface area contributed by atoms with Crippen molar-refractivity contribution in [2.75, 3.05) is 11.6 Å². The molecule has 0 saturated carbocycles. The maximum absolute atomic E-state index is 13.1. The van der Waals surface area contributed by atoms with E-state index in [4.69, 9.17) is 5.26 Å². The van der Waals surface area contributed by atoms with Crippen molar-refractivity contribution in [1.29, 1.82) is 5.26 Å². The van der Waals surface area contributed by atoms with Crippen LogP contribution in [0.5, 0.6) is 0 Å². The summed E-state index contributed by atoms with van der Waals surface area (Å²) in [7, 11) is -3.28. The molecule has 2 aromatic carbocycles. The van der Waals surface area contributed by atoms with Gasteiger partial charge in [-0.1, -0.05) is 12.1 Å². The first-order chi connectivity index (χ1) is 11.7. The zero-order valence-electron chi connectivity index (χ0n) is 13.6. The summed E-state index contributed by atoms with van der Waals surface area (Å²) in [5.74, 6) is -0.568. The van der Waals surface area contributed by atoms with Crippen molar-refractivity contribution < 1.29 is 17.6 Å². The molecular weight excluding hydrogens is 345 g/mol. The fourth-order valence-corrected chi connectivity index (χ4v) is 2.79. The molecule has 25 heavy (non-hydrogen) atoms. The number of rotatable bonds is 4. The average Bonchev–Trinajstić information content (AvgIpc) is 2.55. The van der Waals surface area contributed by atoms with Gasteiger partial charge in [0.1, 0.15) is 11.9 Å². The summed E-state index contributed by atoms with van der Waals surface area (Å²) in [6.07, 6.45) is 1.12. The van der Waals surface area contributed by atoms with Crippen molar-refractivity contribution in [1.82, 2.24) is 5.32 Å². The highest BCUT2D eigenvalue weighted by atomic mass is 32.2. The summed E-state index contributed by atoms with van der Waals surface area (Å²) < 4.78 is 36.0. The predicted molar refractivity (Wildman–Crippen MR) is 91.2 cm³/mol. The number of anilines is 1. The lowest BCUT2D eigenvalue weighted by atomic mass is 10.1. The van der Waals surface area contributed by atoms with E-state index in [0.29, 0.717) is 5.56 Å². The van der Waals surface area contributed by atoms with Gasteiger partial charge in [-0.3, -0.25) is 0 Å². The highest BCUT2D eigenvalue weighted by molar-refractivity contribution is 7.90. The van der Waals surface area contributed by atoms with Crippen LogP contribution in [0.2, 0.25) is 0 Å². The molecule has 2 rings (SSSR count). The number of carbonyl (C=O) groups excluding carboxylic acids is 1. The molecule has 0 aromatic heterocycles. The molecule has 2 amide bonds. The number of halogens is 1. The minimum atomic E-state index is -3.28. The van der Waals surface area contributed by atoms with E-state index in [-0.39, 0.29) is 16.1 Å². The van der Waals surface area contributed by atoms with E-state index in [1.807, 2.05) is 6.07 Å². The van der Waals surface area contributed by atoms with Gasteiger partial charge in [-0.2, -0.15) is 5.26 Å². The lowest BCUT2D eigenvalue weighted by Gasteiger charge is -2.16. The molecule has 0 unspecified atom stereocenters. The van der Waals surface area contributed by atoms with Crippen molar-refractivity contribution in [3.8, 4) is 6.07 Å². The van der Waals surface area contributed by atoms with Crippen LogP contribution in [0.25, 0.3) is 0 Å². The SMILES string of the molecule is C[C@H](NC(=O)Nc1ccc(F)cc1C#N)c1ccc(S(C)(=O)=O)cc1. The van der Waals surface area contributed by atoms with Gasteiger partial charge in [0.05, 0.1) is 22.2 Å². The van der Waals surface area contributed by atoms with Crippen LogP contribution in [0.4, 0.5) is 14.9 Å². The molecule has 0 heterocycles. The zero-order chi connectivity index (χ0) is 18.6. The van der Waals surface area contributed by atoms with Crippen LogP contribution in [0.15, 0.2) is 47.4 Å². The van der Waals surface area contributed by atoms with Crippen molar-refractivity contribution >= 4 is 21.6 Å². The van der Waals surface area contributed by atoms with Crippen molar-refractivity contribution in [3.05, 3.63) is 59.4 Å². The van der Waals surface area contributed by atoms with Gasteiger partial charge < -0.3 is 10.6 Å². The van der Waals surface area contributed by atoms with E-state index in [0.717, 1.165) is 18.4 Å². The Balaban J connectivity index is 2.07. The highest BCUT2D eigenvalue weighted by Crippen LogP contribution is 2.18. The van der Waals surface area contributed by atoms with Gasteiger partial charge in [0.15, 0.2) is 9.84 Å². The minimum Gasteiger partial charge on any atom is -0.331 e. The number of benzene rings is 2. The standard InChI is InChI=1S/C17H16FN3O3S/c1-11(12-3-6-15(7-4-12)25(2,23)24)20-17(22)21-16-8-5-14(18)9-13(16)10-19/h3-9,11H,1-2H3,(H2,20,21,22)/t11-/m0/s1. The Morgan fingerprint density at radius 1 is 1.20 bits per heavy atom. The molecule has 0 saturated heterocycles. The number of sulfone groups is 1. The molecule has 0 radical (unpaired) electrons. The largest absolute Gasteiger partial charge is 0.331 e. The van der Waals surface area contributed by atoms with Gasteiger partial charge >= 0.3 is 6.03 Å². The quantitative estimate of drug-likeness (QED) is 0.874. The van der Waals surface area contributed by atoms with Gasteiger partial charge in [-0.05, 0) is 42.8 Å². The van der Waals surface area contributed by atoms with E-state index in [1.54, 1.807) is 19.1 Å². The van der Waals surface area contributed by atoms with E-state index < -0.39 is 27.7 Å². The summed E-state index contributed by atoms with van der Waals surface area (Å²) in [6.45, 7) is 1.73. The fraction of sp³-hybridized carbons (Fsp3) is 0.176.